The molecule has 4 rings (SSSR count). The number of allylic oxidation sites excluding steroid dienone is 1. The maximum Gasteiger partial charge on any atom is 0.259 e. The van der Waals surface area contributed by atoms with E-state index in [9.17, 15) is 10.1 Å². The number of aromatic nitrogens is 4. The number of H-pyrrole nitrogens is 1. The zero-order valence-corrected chi connectivity index (χ0v) is 15.5. The zero-order valence-electron chi connectivity index (χ0n) is 14.7. The van der Waals surface area contributed by atoms with Crippen LogP contribution in [0, 0.1) is 11.3 Å². The van der Waals surface area contributed by atoms with E-state index in [1.54, 1.807) is 36.7 Å². The number of fused-ring (bicyclic) bond motifs is 1. The first-order chi connectivity index (χ1) is 13.6. The Morgan fingerprint density at radius 3 is 2.75 bits per heavy atom. The second-order valence-electron chi connectivity index (χ2n) is 6.16. The van der Waals surface area contributed by atoms with Gasteiger partial charge in [-0.15, -0.1) is 0 Å². The topological polar surface area (TPSA) is 108 Å². The summed E-state index contributed by atoms with van der Waals surface area (Å²) in [6.07, 6.45) is 4.84. The summed E-state index contributed by atoms with van der Waals surface area (Å²) in [6.45, 7) is 2.77. The molecule has 0 spiro atoms. The lowest BCUT2D eigenvalue weighted by atomic mass is 10.1. The van der Waals surface area contributed by atoms with E-state index in [0.717, 1.165) is 13.1 Å². The average Bonchev–Trinajstić information content (AvgIpc) is 2.72. The van der Waals surface area contributed by atoms with Gasteiger partial charge in [0.1, 0.15) is 6.07 Å². The minimum absolute atomic E-state index is 0.166. The van der Waals surface area contributed by atoms with Crippen LogP contribution >= 0.6 is 11.6 Å². The molecule has 0 radical (unpaired) electrons. The van der Waals surface area contributed by atoms with Gasteiger partial charge in [-0.2, -0.15) is 5.26 Å². The molecule has 2 aromatic heterocycles. The summed E-state index contributed by atoms with van der Waals surface area (Å²) >= 11 is 5.99. The number of benzene rings is 1. The van der Waals surface area contributed by atoms with Crippen LogP contribution in [0.25, 0.3) is 22.6 Å². The largest absolute Gasteiger partial charge is 0.378 e. The van der Waals surface area contributed by atoms with Crippen molar-refractivity contribution >= 4 is 40.1 Å². The van der Waals surface area contributed by atoms with Crippen LogP contribution in [0.2, 0.25) is 5.02 Å². The van der Waals surface area contributed by atoms with Crippen molar-refractivity contribution in [2.75, 3.05) is 31.2 Å². The van der Waals surface area contributed by atoms with Crippen molar-refractivity contribution in [2.24, 2.45) is 0 Å². The number of nitriles is 1. The van der Waals surface area contributed by atoms with Gasteiger partial charge in [-0.3, -0.25) is 4.79 Å². The monoisotopic (exact) mass is 394 g/mol. The number of hydrogen-bond donors (Lipinski definition) is 1. The lowest BCUT2D eigenvalue weighted by molar-refractivity contribution is 0.122. The highest BCUT2D eigenvalue weighted by Gasteiger charge is 2.14. The van der Waals surface area contributed by atoms with Gasteiger partial charge >= 0.3 is 0 Å². The lowest BCUT2D eigenvalue weighted by Crippen LogP contribution is -2.37. The van der Waals surface area contributed by atoms with Crippen LogP contribution in [0.3, 0.4) is 0 Å². The van der Waals surface area contributed by atoms with E-state index in [1.165, 1.54) is 0 Å². The normalized spacial score (nSPS) is 14.9. The molecule has 9 heteroatoms. The van der Waals surface area contributed by atoms with Crippen LogP contribution in [0.5, 0.6) is 0 Å². The van der Waals surface area contributed by atoms with Gasteiger partial charge in [0.25, 0.3) is 5.56 Å². The smallest absolute Gasteiger partial charge is 0.259 e. The fraction of sp³-hybridized carbons (Fsp3) is 0.211. The number of nitrogens with zero attached hydrogens (tertiary/aromatic N) is 5. The maximum atomic E-state index is 12.3. The Kier molecular flexibility index (Phi) is 5.02. The Hall–Kier alpha value is -3.28. The molecule has 140 valence electrons. The fourth-order valence-electron chi connectivity index (χ4n) is 2.89. The van der Waals surface area contributed by atoms with Crippen LogP contribution in [-0.4, -0.2) is 46.2 Å². The molecule has 1 fully saturated rings. The van der Waals surface area contributed by atoms with Crippen molar-refractivity contribution in [2.45, 2.75) is 0 Å². The Balaban J connectivity index is 1.67. The SMILES string of the molecule is N#CC(=Cc1cnc(N2CCOCC2)nc1)c1nc2cc(Cl)ccc2c(=O)[nH]1. The Morgan fingerprint density at radius 1 is 1.29 bits per heavy atom. The number of halogens is 1. The third-order valence-electron chi connectivity index (χ3n) is 4.31. The number of anilines is 1. The van der Waals surface area contributed by atoms with E-state index < -0.39 is 0 Å². The molecule has 1 aromatic carbocycles. The third-order valence-corrected chi connectivity index (χ3v) is 4.54. The molecule has 1 aliphatic rings. The molecule has 0 bridgehead atoms. The molecule has 8 nitrogen and oxygen atoms in total. The van der Waals surface area contributed by atoms with Crippen LogP contribution < -0.4 is 10.5 Å². The standard InChI is InChI=1S/C19H15ClN6O2/c20-14-1-2-15-16(8-14)24-17(25-18(15)27)13(9-21)7-12-10-22-19(23-11-12)26-3-5-28-6-4-26/h1-2,7-8,10-11H,3-6H2,(H,24,25,27). The van der Waals surface area contributed by atoms with E-state index in [2.05, 4.69) is 26.0 Å². The summed E-state index contributed by atoms with van der Waals surface area (Å²) < 4.78 is 5.32. The van der Waals surface area contributed by atoms with Gasteiger partial charge in [0.15, 0.2) is 5.82 Å². The summed E-state index contributed by atoms with van der Waals surface area (Å²) in [5, 5.41) is 10.4. The van der Waals surface area contributed by atoms with E-state index in [-0.39, 0.29) is 17.0 Å². The minimum Gasteiger partial charge on any atom is -0.378 e. The molecule has 0 atom stereocenters. The summed E-state index contributed by atoms with van der Waals surface area (Å²) in [5.74, 6) is 0.783. The zero-order chi connectivity index (χ0) is 19.5. The Morgan fingerprint density at radius 2 is 2.04 bits per heavy atom. The molecule has 1 aliphatic heterocycles. The molecular weight excluding hydrogens is 380 g/mol. The molecule has 3 heterocycles. The maximum absolute atomic E-state index is 12.3. The summed E-state index contributed by atoms with van der Waals surface area (Å²) in [6, 6.07) is 6.87. The van der Waals surface area contributed by atoms with Crippen molar-refractivity contribution in [3.05, 3.63) is 57.4 Å². The third kappa shape index (κ3) is 3.71. The Labute approximate surface area is 165 Å². The van der Waals surface area contributed by atoms with Crippen molar-refractivity contribution < 1.29 is 4.74 Å². The minimum atomic E-state index is -0.336. The fourth-order valence-corrected chi connectivity index (χ4v) is 3.06. The van der Waals surface area contributed by atoms with Gasteiger partial charge in [-0.1, -0.05) is 11.6 Å². The van der Waals surface area contributed by atoms with Crippen molar-refractivity contribution in [1.82, 2.24) is 19.9 Å². The van der Waals surface area contributed by atoms with Gasteiger partial charge in [-0.05, 0) is 24.3 Å². The van der Waals surface area contributed by atoms with Gasteiger partial charge < -0.3 is 14.6 Å². The molecule has 1 N–H and O–H groups in total. The molecule has 0 aliphatic carbocycles. The molecule has 3 aromatic rings. The number of nitrogens with one attached hydrogen (secondary N) is 1. The summed E-state index contributed by atoms with van der Waals surface area (Å²) in [5.41, 5.74) is 0.909. The highest BCUT2D eigenvalue weighted by Crippen LogP contribution is 2.19. The highest BCUT2D eigenvalue weighted by atomic mass is 35.5. The summed E-state index contributed by atoms with van der Waals surface area (Å²) in [4.78, 5) is 30.0. The predicted octanol–water partition coefficient (Wildman–Crippen LogP) is 2.27. The van der Waals surface area contributed by atoms with E-state index >= 15 is 0 Å². The Bertz CT molecular complexity index is 1140. The number of rotatable bonds is 3. The highest BCUT2D eigenvalue weighted by molar-refractivity contribution is 6.31. The van der Waals surface area contributed by atoms with Crippen molar-refractivity contribution in [3.8, 4) is 6.07 Å². The molecule has 1 saturated heterocycles. The average molecular weight is 395 g/mol. The lowest BCUT2D eigenvalue weighted by Gasteiger charge is -2.26. The first kappa shape index (κ1) is 18.1. The van der Waals surface area contributed by atoms with Gasteiger partial charge in [0.2, 0.25) is 5.95 Å². The van der Waals surface area contributed by atoms with Gasteiger partial charge in [0.05, 0.1) is 29.7 Å². The van der Waals surface area contributed by atoms with Crippen molar-refractivity contribution in [3.63, 3.8) is 0 Å². The van der Waals surface area contributed by atoms with E-state index in [4.69, 9.17) is 16.3 Å². The van der Waals surface area contributed by atoms with Crippen LogP contribution in [0.15, 0.2) is 35.4 Å². The van der Waals surface area contributed by atoms with Crippen LogP contribution in [0.4, 0.5) is 5.95 Å². The molecule has 28 heavy (non-hydrogen) atoms. The quantitative estimate of drug-likeness (QED) is 0.679. The second kappa shape index (κ2) is 7.76. The first-order valence-corrected chi connectivity index (χ1v) is 8.98. The van der Waals surface area contributed by atoms with E-state index in [0.29, 0.717) is 40.7 Å². The van der Waals surface area contributed by atoms with Crippen LogP contribution in [-0.2, 0) is 4.74 Å². The number of aromatic amines is 1. The van der Waals surface area contributed by atoms with Crippen molar-refractivity contribution in [1.29, 1.82) is 5.26 Å². The summed E-state index contributed by atoms with van der Waals surface area (Å²) in [7, 11) is 0. The second-order valence-corrected chi connectivity index (χ2v) is 6.60. The first-order valence-electron chi connectivity index (χ1n) is 8.60. The number of morpholine rings is 1. The van der Waals surface area contributed by atoms with E-state index in [1.807, 2.05) is 4.90 Å². The molecule has 0 saturated carbocycles. The number of ether oxygens (including phenoxy) is 1. The van der Waals surface area contributed by atoms with Gasteiger partial charge in [0, 0.05) is 36.1 Å². The molecule has 0 amide bonds. The molecular formula is C19H15ClN6O2. The van der Waals surface area contributed by atoms with Crippen LogP contribution in [0.1, 0.15) is 11.4 Å². The van der Waals surface area contributed by atoms with Gasteiger partial charge in [-0.25, -0.2) is 15.0 Å². The number of hydrogen-bond acceptors (Lipinski definition) is 7. The predicted molar refractivity (Wildman–Crippen MR) is 106 cm³/mol. The molecule has 0 unspecified atom stereocenters.